The van der Waals surface area contributed by atoms with Crippen LogP contribution in [0.4, 0.5) is 10.1 Å². The third-order valence-corrected chi connectivity index (χ3v) is 2.92. The summed E-state index contributed by atoms with van der Waals surface area (Å²) in [4.78, 5) is 16.0. The maximum absolute atomic E-state index is 13.2. The number of carbonyl (C=O) groups is 1. The van der Waals surface area contributed by atoms with Gasteiger partial charge in [-0.2, -0.15) is 0 Å². The second kappa shape index (κ2) is 6.12. The Morgan fingerprint density at radius 1 is 1.40 bits per heavy atom. The Bertz CT molecular complexity index is 618. The first-order valence-corrected chi connectivity index (χ1v) is 6.08. The van der Waals surface area contributed by atoms with Crippen molar-refractivity contribution in [2.75, 3.05) is 5.43 Å². The van der Waals surface area contributed by atoms with Gasteiger partial charge >= 0.3 is 0 Å². The van der Waals surface area contributed by atoms with Gasteiger partial charge in [-0.15, -0.1) is 0 Å². The Labute approximate surface area is 116 Å². The molecule has 2 rings (SSSR count). The van der Waals surface area contributed by atoms with Gasteiger partial charge in [-0.25, -0.2) is 4.39 Å². The fourth-order valence-electron chi connectivity index (χ4n) is 1.83. The number of pyridine rings is 1. The van der Waals surface area contributed by atoms with Crippen LogP contribution < -0.4 is 16.6 Å². The maximum Gasteiger partial charge on any atom is 0.255 e. The number of hydrogen-bond acceptors (Lipinski definition) is 4. The lowest BCUT2D eigenvalue weighted by Crippen LogP contribution is -2.28. The number of nitrogens with two attached hydrogens (primary N) is 1. The van der Waals surface area contributed by atoms with Gasteiger partial charge in [-0.3, -0.25) is 15.6 Å². The average molecular weight is 274 g/mol. The van der Waals surface area contributed by atoms with Crippen LogP contribution in [0.1, 0.15) is 28.9 Å². The zero-order chi connectivity index (χ0) is 14.5. The Kier molecular flexibility index (Phi) is 4.27. The topological polar surface area (TPSA) is 80.0 Å². The monoisotopic (exact) mass is 274 g/mol. The number of hydrazine groups is 1. The van der Waals surface area contributed by atoms with E-state index in [-0.39, 0.29) is 17.8 Å². The standard InChI is InChI=1S/C14H15FN4O/c1-9(10-3-2-4-11(15)7-10)18-14(20)12-8-17-6-5-13(12)19-16/h2-9H,16H2,1H3,(H,17,19)(H,18,20). The molecule has 0 saturated heterocycles. The fourth-order valence-corrected chi connectivity index (χ4v) is 1.83. The Hall–Kier alpha value is -2.47. The SMILES string of the molecule is CC(NC(=O)c1cnccc1NN)c1cccc(F)c1. The minimum atomic E-state index is -0.339. The number of halogens is 1. The molecule has 0 aliphatic carbocycles. The zero-order valence-electron chi connectivity index (χ0n) is 10.9. The number of benzene rings is 1. The minimum Gasteiger partial charge on any atom is -0.345 e. The Morgan fingerprint density at radius 2 is 2.20 bits per heavy atom. The van der Waals surface area contributed by atoms with Crippen LogP contribution in [0, 0.1) is 5.82 Å². The summed E-state index contributed by atoms with van der Waals surface area (Å²) >= 11 is 0. The largest absolute Gasteiger partial charge is 0.345 e. The average Bonchev–Trinajstić information content (AvgIpc) is 2.47. The highest BCUT2D eigenvalue weighted by Crippen LogP contribution is 2.16. The van der Waals surface area contributed by atoms with Crippen LogP contribution in [-0.2, 0) is 0 Å². The van der Waals surface area contributed by atoms with Crippen molar-refractivity contribution in [1.29, 1.82) is 0 Å². The van der Waals surface area contributed by atoms with Crippen molar-refractivity contribution in [2.24, 2.45) is 5.84 Å². The predicted molar refractivity (Wildman–Crippen MR) is 74.3 cm³/mol. The van der Waals surface area contributed by atoms with Crippen LogP contribution in [0.2, 0.25) is 0 Å². The van der Waals surface area contributed by atoms with Gasteiger partial charge in [-0.1, -0.05) is 12.1 Å². The molecule has 1 amide bonds. The van der Waals surface area contributed by atoms with E-state index in [1.54, 1.807) is 25.1 Å². The highest BCUT2D eigenvalue weighted by atomic mass is 19.1. The molecule has 20 heavy (non-hydrogen) atoms. The normalized spacial score (nSPS) is 11.8. The summed E-state index contributed by atoms with van der Waals surface area (Å²) in [5, 5.41) is 2.77. The number of carbonyl (C=O) groups excluding carboxylic acids is 1. The molecule has 0 aliphatic heterocycles. The van der Waals surface area contributed by atoms with Gasteiger partial charge in [-0.05, 0) is 30.7 Å². The summed E-state index contributed by atoms with van der Waals surface area (Å²) < 4.78 is 13.2. The number of anilines is 1. The van der Waals surface area contributed by atoms with Gasteiger partial charge in [0.05, 0.1) is 17.3 Å². The molecule has 104 valence electrons. The molecule has 6 heteroatoms. The molecule has 2 aromatic rings. The van der Waals surface area contributed by atoms with E-state index in [0.717, 1.165) is 0 Å². The summed E-state index contributed by atoms with van der Waals surface area (Å²) in [6, 6.07) is 7.36. The molecule has 1 heterocycles. The molecule has 1 unspecified atom stereocenters. The number of nitrogens with zero attached hydrogens (tertiary/aromatic N) is 1. The summed E-state index contributed by atoms with van der Waals surface area (Å²) in [5.74, 6) is 4.67. The smallest absolute Gasteiger partial charge is 0.255 e. The first kappa shape index (κ1) is 14.0. The van der Waals surface area contributed by atoms with Gasteiger partial charge in [0.1, 0.15) is 5.82 Å². The highest BCUT2D eigenvalue weighted by Gasteiger charge is 2.15. The second-order valence-corrected chi connectivity index (χ2v) is 4.32. The number of rotatable bonds is 4. The Balaban J connectivity index is 2.15. The summed E-state index contributed by atoms with van der Waals surface area (Å²) in [6.07, 6.45) is 2.95. The van der Waals surface area contributed by atoms with E-state index >= 15 is 0 Å². The molecule has 5 nitrogen and oxygen atoms in total. The highest BCUT2D eigenvalue weighted by molar-refractivity contribution is 5.99. The number of aromatic nitrogens is 1. The van der Waals surface area contributed by atoms with E-state index in [2.05, 4.69) is 15.7 Å². The van der Waals surface area contributed by atoms with Crippen molar-refractivity contribution in [3.8, 4) is 0 Å². The molecule has 1 aromatic heterocycles. The predicted octanol–water partition coefficient (Wildman–Crippen LogP) is 2.00. The fraction of sp³-hybridized carbons (Fsp3) is 0.143. The van der Waals surface area contributed by atoms with Crippen LogP contribution in [0.15, 0.2) is 42.7 Å². The van der Waals surface area contributed by atoms with Crippen LogP contribution in [0.3, 0.4) is 0 Å². The van der Waals surface area contributed by atoms with E-state index < -0.39 is 0 Å². The van der Waals surface area contributed by atoms with Crippen molar-refractivity contribution in [3.63, 3.8) is 0 Å². The number of nitrogen functional groups attached to an aromatic ring is 1. The van der Waals surface area contributed by atoms with Gasteiger partial charge in [0, 0.05) is 12.4 Å². The number of hydrogen-bond donors (Lipinski definition) is 3. The van der Waals surface area contributed by atoms with Crippen molar-refractivity contribution >= 4 is 11.6 Å². The number of amides is 1. The van der Waals surface area contributed by atoms with E-state index in [0.29, 0.717) is 16.8 Å². The van der Waals surface area contributed by atoms with Gasteiger partial charge < -0.3 is 10.7 Å². The molecule has 0 aliphatic rings. The first-order chi connectivity index (χ1) is 9.61. The molecule has 0 saturated carbocycles. The lowest BCUT2D eigenvalue weighted by molar-refractivity contribution is 0.0940. The van der Waals surface area contributed by atoms with Crippen molar-refractivity contribution in [3.05, 3.63) is 59.7 Å². The molecule has 0 spiro atoms. The Morgan fingerprint density at radius 3 is 2.90 bits per heavy atom. The maximum atomic E-state index is 13.2. The van der Waals surface area contributed by atoms with Crippen LogP contribution >= 0.6 is 0 Å². The van der Waals surface area contributed by atoms with Crippen LogP contribution in [0.5, 0.6) is 0 Å². The molecular formula is C14H15FN4O. The second-order valence-electron chi connectivity index (χ2n) is 4.32. The molecule has 1 atom stereocenters. The quantitative estimate of drug-likeness (QED) is 0.588. The van der Waals surface area contributed by atoms with Crippen molar-refractivity contribution in [2.45, 2.75) is 13.0 Å². The molecule has 4 N–H and O–H groups in total. The third kappa shape index (κ3) is 3.10. The molecular weight excluding hydrogens is 259 g/mol. The van der Waals surface area contributed by atoms with E-state index in [1.807, 2.05) is 0 Å². The lowest BCUT2D eigenvalue weighted by Gasteiger charge is -2.15. The molecule has 0 radical (unpaired) electrons. The lowest BCUT2D eigenvalue weighted by atomic mass is 10.1. The van der Waals surface area contributed by atoms with E-state index in [1.165, 1.54) is 24.5 Å². The van der Waals surface area contributed by atoms with Crippen molar-refractivity contribution < 1.29 is 9.18 Å². The van der Waals surface area contributed by atoms with E-state index in [9.17, 15) is 9.18 Å². The third-order valence-electron chi connectivity index (χ3n) is 2.92. The zero-order valence-corrected chi connectivity index (χ0v) is 10.9. The summed E-state index contributed by atoms with van der Waals surface area (Å²) in [6.45, 7) is 1.78. The van der Waals surface area contributed by atoms with E-state index in [4.69, 9.17) is 5.84 Å². The molecule has 0 bridgehead atoms. The first-order valence-electron chi connectivity index (χ1n) is 6.08. The molecule has 1 aromatic carbocycles. The van der Waals surface area contributed by atoms with Gasteiger partial charge in [0.2, 0.25) is 0 Å². The van der Waals surface area contributed by atoms with Crippen LogP contribution in [0.25, 0.3) is 0 Å². The van der Waals surface area contributed by atoms with Crippen LogP contribution in [-0.4, -0.2) is 10.9 Å². The summed E-state index contributed by atoms with van der Waals surface area (Å²) in [7, 11) is 0. The number of nitrogens with one attached hydrogen (secondary N) is 2. The van der Waals surface area contributed by atoms with Gasteiger partial charge in [0.25, 0.3) is 5.91 Å². The van der Waals surface area contributed by atoms with Gasteiger partial charge in [0.15, 0.2) is 0 Å². The summed E-state index contributed by atoms with van der Waals surface area (Å²) in [5.41, 5.74) is 3.93. The van der Waals surface area contributed by atoms with Crippen molar-refractivity contribution in [1.82, 2.24) is 10.3 Å². The minimum absolute atomic E-state index is 0.330. The molecule has 0 fully saturated rings.